The summed E-state index contributed by atoms with van der Waals surface area (Å²) in [5, 5.41) is 3.12. The second-order valence-electron chi connectivity index (χ2n) is 5.13. The molecule has 1 N–H and O–H groups in total. The highest BCUT2D eigenvalue weighted by Crippen LogP contribution is 2.14. The van der Waals surface area contributed by atoms with Crippen molar-refractivity contribution in [1.29, 1.82) is 0 Å². The molecule has 0 aliphatic rings. The van der Waals surface area contributed by atoms with Crippen LogP contribution in [0.5, 0.6) is 0 Å². The molecule has 0 aliphatic heterocycles. The van der Waals surface area contributed by atoms with Gasteiger partial charge in [0.1, 0.15) is 9.84 Å². The fourth-order valence-electron chi connectivity index (χ4n) is 1.44. The number of sulfone groups is 1. The summed E-state index contributed by atoms with van der Waals surface area (Å²) in [6.45, 7) is 3.16. The molecule has 0 aromatic carbocycles. The molecular weight excluding hydrogens is 292 g/mol. The van der Waals surface area contributed by atoms with Gasteiger partial charge in [-0.1, -0.05) is 6.92 Å². The maximum Gasteiger partial charge on any atom is 0.231 e. The third kappa shape index (κ3) is 6.11. The lowest BCUT2D eigenvalue weighted by Crippen LogP contribution is -2.28. The number of nitrogens with zero attached hydrogens (tertiary/aromatic N) is 5. The van der Waals surface area contributed by atoms with Gasteiger partial charge in [-0.2, -0.15) is 15.0 Å². The van der Waals surface area contributed by atoms with Gasteiger partial charge < -0.3 is 15.1 Å². The summed E-state index contributed by atoms with van der Waals surface area (Å²) in [6.07, 6.45) is 2.18. The molecule has 8 nitrogen and oxygen atoms in total. The first-order chi connectivity index (χ1) is 9.73. The van der Waals surface area contributed by atoms with E-state index in [-0.39, 0.29) is 5.75 Å². The van der Waals surface area contributed by atoms with Crippen molar-refractivity contribution in [3.8, 4) is 0 Å². The van der Waals surface area contributed by atoms with Crippen LogP contribution in [0.3, 0.4) is 0 Å². The van der Waals surface area contributed by atoms with E-state index in [4.69, 9.17) is 0 Å². The Hall–Kier alpha value is -1.64. The minimum atomic E-state index is -3.02. The monoisotopic (exact) mass is 316 g/mol. The normalized spacial score (nSPS) is 11.3. The average molecular weight is 316 g/mol. The van der Waals surface area contributed by atoms with Gasteiger partial charge in [0.05, 0.1) is 5.75 Å². The average Bonchev–Trinajstić information content (AvgIpc) is 2.41. The zero-order chi connectivity index (χ0) is 16.0. The fraction of sp³-hybridized carbons (Fsp3) is 0.750. The molecule has 0 bridgehead atoms. The van der Waals surface area contributed by atoms with Gasteiger partial charge in [-0.25, -0.2) is 8.42 Å². The number of anilines is 3. The first-order valence-electron chi connectivity index (χ1n) is 6.79. The summed E-state index contributed by atoms with van der Waals surface area (Å²) >= 11 is 0. The molecule has 0 amide bonds. The minimum absolute atomic E-state index is 0.0597. The molecule has 120 valence electrons. The molecule has 0 unspecified atom stereocenters. The molecule has 1 aromatic heterocycles. The van der Waals surface area contributed by atoms with Gasteiger partial charge in [-0.3, -0.25) is 0 Å². The van der Waals surface area contributed by atoms with Gasteiger partial charge in [0.2, 0.25) is 17.8 Å². The lowest BCUT2D eigenvalue weighted by Gasteiger charge is -2.19. The van der Waals surface area contributed by atoms with Crippen LogP contribution >= 0.6 is 0 Å². The Morgan fingerprint density at radius 3 is 2.24 bits per heavy atom. The summed E-state index contributed by atoms with van der Waals surface area (Å²) in [5.41, 5.74) is 0. The van der Waals surface area contributed by atoms with E-state index >= 15 is 0 Å². The topological polar surface area (TPSA) is 91.3 Å². The third-order valence-corrected chi connectivity index (χ3v) is 3.61. The molecule has 21 heavy (non-hydrogen) atoms. The summed E-state index contributed by atoms with van der Waals surface area (Å²) in [5.74, 6) is 1.54. The van der Waals surface area contributed by atoms with E-state index in [0.29, 0.717) is 24.4 Å². The van der Waals surface area contributed by atoms with E-state index in [9.17, 15) is 8.42 Å². The second-order valence-corrected chi connectivity index (χ2v) is 7.39. The largest absolute Gasteiger partial charge is 0.354 e. The van der Waals surface area contributed by atoms with Crippen LogP contribution in [0.1, 0.15) is 13.3 Å². The highest BCUT2D eigenvalue weighted by atomic mass is 32.2. The fourth-order valence-corrected chi connectivity index (χ4v) is 2.05. The van der Waals surface area contributed by atoms with Crippen molar-refractivity contribution in [2.24, 2.45) is 0 Å². The van der Waals surface area contributed by atoms with E-state index in [0.717, 1.165) is 13.0 Å². The molecule has 0 radical (unpaired) electrons. The zero-order valence-corrected chi connectivity index (χ0v) is 14.1. The van der Waals surface area contributed by atoms with Gasteiger partial charge in [0.25, 0.3) is 0 Å². The van der Waals surface area contributed by atoms with E-state index in [2.05, 4.69) is 27.2 Å². The van der Waals surface area contributed by atoms with E-state index in [1.807, 2.05) is 14.1 Å². The Labute approximate surface area is 126 Å². The number of aromatic nitrogens is 3. The van der Waals surface area contributed by atoms with Crippen molar-refractivity contribution in [2.75, 3.05) is 61.4 Å². The zero-order valence-electron chi connectivity index (χ0n) is 13.3. The maximum atomic E-state index is 11.3. The van der Waals surface area contributed by atoms with Crippen molar-refractivity contribution < 1.29 is 8.42 Å². The molecule has 0 saturated heterocycles. The summed E-state index contributed by atoms with van der Waals surface area (Å²) in [7, 11) is 2.44. The molecule has 1 heterocycles. The van der Waals surface area contributed by atoms with Crippen LogP contribution in [-0.4, -0.2) is 69.6 Å². The van der Waals surface area contributed by atoms with Gasteiger partial charge in [0, 0.05) is 40.5 Å². The van der Waals surface area contributed by atoms with Crippen molar-refractivity contribution in [1.82, 2.24) is 15.0 Å². The van der Waals surface area contributed by atoms with Gasteiger partial charge >= 0.3 is 0 Å². The van der Waals surface area contributed by atoms with Crippen molar-refractivity contribution in [3.05, 3.63) is 0 Å². The standard InChI is InChI=1S/C12H24N6O2S/c1-6-7-13-10-14-11(17(2)3)16-12(15-10)18(4)8-9-21(5,19)20/h6-9H2,1-5H3,(H,13,14,15,16). The lowest BCUT2D eigenvalue weighted by molar-refractivity contribution is 0.601. The second kappa shape index (κ2) is 7.39. The SMILES string of the molecule is CCCNc1nc(N(C)C)nc(N(C)CCS(C)(=O)=O)n1. The third-order valence-electron chi connectivity index (χ3n) is 2.68. The van der Waals surface area contributed by atoms with Crippen LogP contribution in [0.25, 0.3) is 0 Å². The van der Waals surface area contributed by atoms with Crippen molar-refractivity contribution in [3.63, 3.8) is 0 Å². The molecule has 1 rings (SSSR count). The lowest BCUT2D eigenvalue weighted by atomic mass is 10.5. The first-order valence-corrected chi connectivity index (χ1v) is 8.85. The Morgan fingerprint density at radius 1 is 1.10 bits per heavy atom. The van der Waals surface area contributed by atoms with Crippen LogP contribution in [-0.2, 0) is 9.84 Å². The Kier molecular flexibility index (Phi) is 6.13. The molecule has 0 spiro atoms. The molecule has 0 aliphatic carbocycles. The van der Waals surface area contributed by atoms with Crippen LogP contribution < -0.4 is 15.1 Å². The molecular formula is C12H24N6O2S. The summed E-state index contributed by atoms with van der Waals surface area (Å²) in [6, 6.07) is 0. The summed E-state index contributed by atoms with van der Waals surface area (Å²) in [4.78, 5) is 16.5. The van der Waals surface area contributed by atoms with Crippen molar-refractivity contribution >= 4 is 27.7 Å². The molecule has 0 saturated carbocycles. The number of nitrogens with one attached hydrogen (secondary N) is 1. The predicted molar refractivity (Wildman–Crippen MR) is 85.9 cm³/mol. The highest BCUT2D eigenvalue weighted by Gasteiger charge is 2.13. The number of hydrogen-bond acceptors (Lipinski definition) is 8. The Bertz CT molecular complexity index is 561. The van der Waals surface area contributed by atoms with Crippen LogP contribution in [0, 0.1) is 0 Å². The molecule has 1 aromatic rings. The molecule has 0 fully saturated rings. The van der Waals surface area contributed by atoms with Crippen LogP contribution in [0.4, 0.5) is 17.8 Å². The molecule has 9 heteroatoms. The Morgan fingerprint density at radius 2 is 1.71 bits per heavy atom. The van der Waals surface area contributed by atoms with E-state index in [1.165, 1.54) is 6.26 Å². The Balaban J connectivity index is 2.95. The minimum Gasteiger partial charge on any atom is -0.354 e. The molecule has 0 atom stereocenters. The van der Waals surface area contributed by atoms with Crippen molar-refractivity contribution in [2.45, 2.75) is 13.3 Å². The predicted octanol–water partition coefficient (Wildman–Crippen LogP) is 0.240. The van der Waals surface area contributed by atoms with Crippen LogP contribution in [0.15, 0.2) is 0 Å². The number of hydrogen-bond donors (Lipinski definition) is 1. The van der Waals surface area contributed by atoms with E-state index in [1.54, 1.807) is 16.8 Å². The quantitative estimate of drug-likeness (QED) is 0.729. The maximum absolute atomic E-state index is 11.3. The van der Waals surface area contributed by atoms with E-state index < -0.39 is 9.84 Å². The smallest absolute Gasteiger partial charge is 0.231 e. The van der Waals surface area contributed by atoms with Gasteiger partial charge in [-0.05, 0) is 6.42 Å². The highest BCUT2D eigenvalue weighted by molar-refractivity contribution is 7.90. The van der Waals surface area contributed by atoms with Gasteiger partial charge in [-0.15, -0.1) is 0 Å². The van der Waals surface area contributed by atoms with Crippen LogP contribution in [0.2, 0.25) is 0 Å². The first kappa shape index (κ1) is 17.4. The number of rotatable bonds is 8. The van der Waals surface area contributed by atoms with Gasteiger partial charge in [0.15, 0.2) is 0 Å². The summed E-state index contributed by atoms with van der Waals surface area (Å²) < 4.78 is 22.5.